The van der Waals surface area contributed by atoms with E-state index < -0.39 is 35.4 Å². The number of amidine groups is 1. The Hall–Kier alpha value is -4.45. The van der Waals surface area contributed by atoms with Gasteiger partial charge in [-0.1, -0.05) is 56.1 Å². The van der Waals surface area contributed by atoms with Gasteiger partial charge in [0.25, 0.3) is 6.34 Å². The number of aromatic nitrogens is 1. The third-order valence-corrected chi connectivity index (χ3v) is 9.77. The fraction of sp³-hybridized carbons (Fsp3) is 0.324. The maximum atomic E-state index is 15.3. The summed E-state index contributed by atoms with van der Waals surface area (Å²) in [6.07, 6.45) is 1.74. The van der Waals surface area contributed by atoms with Gasteiger partial charge in [0.15, 0.2) is 6.10 Å². The Balaban J connectivity index is 0.00000364. The standard InChI is InChI=1S/C37H39F2N7O3S.2ClH/c1-5-29(6-2)41-19-27-9-7-8-10-32(27)44-36(47)49-24(4)34-42-22-46(45-34)21-37(48,30-17-28(38)15-16-31(30)39)23(3)35-43-33(20-50-35)26-13-11-25(18-40)12-14-26;;/h7-17,20,22-24,29,41,48H,5-6,19,21H2,1-4H3,(H,44,47);2*1H/q+1;;/p-1/t23-,24?,37+;;/m0../s1. The highest BCUT2D eigenvalue weighted by atomic mass is 35.5. The largest absolute Gasteiger partial charge is 1.00 e. The number of hydrogen-bond donors (Lipinski definition) is 3. The molecule has 0 saturated carbocycles. The van der Waals surface area contributed by atoms with Gasteiger partial charge in [0.1, 0.15) is 23.8 Å². The van der Waals surface area contributed by atoms with Crippen LogP contribution in [0.15, 0.2) is 77.2 Å². The number of carbonyl (C=O) groups excluding carboxylic acids is 1. The summed E-state index contributed by atoms with van der Waals surface area (Å²) >= 11 is 1.26. The number of benzene rings is 3. The highest BCUT2D eigenvalue weighted by Gasteiger charge is 2.46. The molecule has 4 aromatic rings. The molecule has 3 aromatic carbocycles. The Bertz CT molecular complexity index is 1920. The number of thiazole rings is 1. The number of rotatable bonds is 14. The number of amides is 1. The van der Waals surface area contributed by atoms with Crippen molar-refractivity contribution in [1.29, 1.82) is 5.26 Å². The van der Waals surface area contributed by atoms with Gasteiger partial charge in [-0.15, -0.1) is 28.8 Å². The van der Waals surface area contributed by atoms with E-state index >= 15 is 4.39 Å². The van der Waals surface area contributed by atoms with Crippen molar-refractivity contribution in [1.82, 2.24) is 20.3 Å². The molecule has 1 amide bonds. The number of para-hydroxylation sites is 1. The average molecular weight is 772 g/mol. The SMILES string of the molecule is CCC(CC)NCc1ccccc1NC(=O)OC(C)C1=NN(C[C@](O)(c2cc(F)ccc2F)[C@@H](C)c2nc(-c3ccc(C#N)cc3)cs2)C=[N+]1.Cl.[Cl-]. The second-order valence-electron chi connectivity index (χ2n) is 12.1. The zero-order valence-corrected chi connectivity index (χ0v) is 31.4. The van der Waals surface area contributed by atoms with Crippen molar-refractivity contribution >= 4 is 47.7 Å². The maximum Gasteiger partial charge on any atom is 0.412 e. The molecule has 10 nitrogen and oxygen atoms in total. The molecule has 0 saturated heterocycles. The second kappa shape index (κ2) is 18.9. The van der Waals surface area contributed by atoms with E-state index in [2.05, 4.69) is 40.6 Å². The molecule has 3 atom stereocenters. The number of ether oxygens (including phenoxy) is 1. The molecule has 0 fully saturated rings. The van der Waals surface area contributed by atoms with Crippen LogP contribution in [0.4, 0.5) is 19.3 Å². The highest BCUT2D eigenvalue weighted by Crippen LogP contribution is 2.41. The minimum atomic E-state index is -2.02. The smallest absolute Gasteiger partial charge is 0.412 e. The van der Waals surface area contributed by atoms with Crippen LogP contribution in [0.25, 0.3) is 11.3 Å². The second-order valence-corrected chi connectivity index (χ2v) is 12.9. The summed E-state index contributed by atoms with van der Waals surface area (Å²) in [7, 11) is 0. The third-order valence-electron chi connectivity index (χ3n) is 8.74. The topological polar surface area (TPSA) is 137 Å². The summed E-state index contributed by atoms with van der Waals surface area (Å²) in [6.45, 7) is 7.80. The number of halogens is 4. The molecule has 0 bridgehead atoms. The number of hydrazone groups is 1. The van der Waals surface area contributed by atoms with E-state index in [1.54, 1.807) is 49.6 Å². The zero-order valence-electron chi connectivity index (χ0n) is 29.0. The molecule has 275 valence electrons. The molecule has 1 aliphatic heterocycles. The molecule has 5 rings (SSSR count). The van der Waals surface area contributed by atoms with Gasteiger partial charge in [-0.25, -0.2) is 18.6 Å². The molecular weight excluding hydrogens is 731 g/mol. The molecule has 1 aromatic heterocycles. The summed E-state index contributed by atoms with van der Waals surface area (Å²) in [5.41, 5.74) is 1.12. The van der Waals surface area contributed by atoms with E-state index in [1.807, 2.05) is 18.2 Å². The van der Waals surface area contributed by atoms with Gasteiger partial charge >= 0.3 is 11.9 Å². The summed E-state index contributed by atoms with van der Waals surface area (Å²) in [4.78, 5) is 21.9. The first-order chi connectivity index (χ1) is 24.0. The number of nitrogens with zero attached hydrogens (tertiary/aromatic N) is 5. The number of nitrogens with one attached hydrogen (secondary N) is 2. The molecule has 1 radical (unpaired) electrons. The first-order valence-electron chi connectivity index (χ1n) is 16.4. The molecule has 2 heterocycles. The Morgan fingerprint density at radius 1 is 1.12 bits per heavy atom. The number of aliphatic hydroxyl groups is 1. The summed E-state index contributed by atoms with van der Waals surface area (Å²) in [5.74, 6) is -2.20. The van der Waals surface area contributed by atoms with E-state index in [-0.39, 0.29) is 42.8 Å². The van der Waals surface area contributed by atoms with E-state index in [9.17, 15) is 14.3 Å². The van der Waals surface area contributed by atoms with E-state index in [0.717, 1.165) is 42.2 Å². The Morgan fingerprint density at radius 2 is 1.83 bits per heavy atom. The minimum Gasteiger partial charge on any atom is -1.00 e. The molecule has 1 aliphatic rings. The Labute approximate surface area is 318 Å². The lowest BCUT2D eigenvalue weighted by molar-refractivity contribution is -0.00830. The number of carbonyl (C=O) groups is 1. The normalized spacial score (nSPS) is 14.4. The van der Waals surface area contributed by atoms with Gasteiger partial charge in [0.2, 0.25) is 0 Å². The fourth-order valence-electron chi connectivity index (χ4n) is 5.62. The molecule has 1 unspecified atom stereocenters. The number of nitriles is 1. The third kappa shape index (κ3) is 9.90. The van der Waals surface area contributed by atoms with Crippen molar-refractivity contribution < 1.29 is 35.8 Å². The van der Waals surface area contributed by atoms with Gasteiger partial charge in [-0.3, -0.25) is 5.32 Å². The first-order valence-corrected chi connectivity index (χ1v) is 17.2. The van der Waals surface area contributed by atoms with Crippen molar-refractivity contribution in [2.75, 3.05) is 11.9 Å². The predicted octanol–water partition coefficient (Wildman–Crippen LogP) is 4.29. The van der Waals surface area contributed by atoms with E-state index in [4.69, 9.17) is 15.0 Å². The molecular formula is C37H40Cl2F2N7O3S. The lowest BCUT2D eigenvalue weighted by atomic mass is 9.81. The first kappa shape index (κ1) is 42.0. The van der Waals surface area contributed by atoms with Crippen molar-refractivity contribution in [3.8, 4) is 17.3 Å². The van der Waals surface area contributed by atoms with Crippen LogP contribution in [0.3, 0.4) is 0 Å². The van der Waals surface area contributed by atoms with Crippen LogP contribution in [0.5, 0.6) is 0 Å². The van der Waals surface area contributed by atoms with Crippen LogP contribution in [0.2, 0.25) is 0 Å². The van der Waals surface area contributed by atoms with Gasteiger partial charge < -0.3 is 27.6 Å². The van der Waals surface area contributed by atoms with Crippen LogP contribution in [-0.4, -0.2) is 52.1 Å². The van der Waals surface area contributed by atoms with Crippen molar-refractivity contribution in [2.45, 2.75) is 70.7 Å². The fourth-order valence-corrected chi connectivity index (χ4v) is 6.59. The van der Waals surface area contributed by atoms with Gasteiger partial charge in [0, 0.05) is 45.8 Å². The number of hydrogen-bond acceptors (Lipinski definition) is 10. The van der Waals surface area contributed by atoms with Crippen LogP contribution in [-0.2, 0) is 16.9 Å². The average Bonchev–Trinajstić information content (AvgIpc) is 3.81. The lowest BCUT2D eigenvalue weighted by Gasteiger charge is -2.33. The van der Waals surface area contributed by atoms with Gasteiger partial charge in [0.05, 0.1) is 22.3 Å². The molecule has 0 spiro atoms. The van der Waals surface area contributed by atoms with Gasteiger partial charge in [-0.2, -0.15) is 5.26 Å². The van der Waals surface area contributed by atoms with Crippen LogP contribution in [0.1, 0.15) is 68.2 Å². The summed E-state index contributed by atoms with van der Waals surface area (Å²) in [6, 6.07) is 19.7. The quantitative estimate of drug-likeness (QED) is 0.174. The number of β-amino-alcohol motifs (C(OH)–C–C–N with tert-alkyl or cyclic N) is 1. The van der Waals surface area contributed by atoms with Crippen LogP contribution < -0.4 is 28.0 Å². The molecule has 15 heteroatoms. The van der Waals surface area contributed by atoms with Crippen LogP contribution in [0, 0.1) is 23.0 Å². The van der Waals surface area contributed by atoms with E-state index in [1.165, 1.54) is 22.7 Å². The predicted molar refractivity (Wildman–Crippen MR) is 198 cm³/mol. The minimum absolute atomic E-state index is 0. The number of anilines is 1. The van der Waals surface area contributed by atoms with E-state index in [0.29, 0.717) is 34.5 Å². The summed E-state index contributed by atoms with van der Waals surface area (Å²) < 4.78 is 35.4. The van der Waals surface area contributed by atoms with Crippen LogP contribution >= 0.6 is 23.7 Å². The number of aliphatic imine (C=N–C) groups is 1. The van der Waals surface area contributed by atoms with Crippen molar-refractivity contribution in [3.05, 3.63) is 105 Å². The van der Waals surface area contributed by atoms with Gasteiger partial charge in [-0.05, 0) is 61.7 Å². The monoisotopic (exact) mass is 770 g/mol. The Kier molecular flexibility index (Phi) is 15.2. The molecule has 3 N–H and O–H groups in total. The Morgan fingerprint density at radius 3 is 2.52 bits per heavy atom. The van der Waals surface area contributed by atoms with Crippen molar-refractivity contribution in [3.63, 3.8) is 0 Å². The van der Waals surface area contributed by atoms with Crippen molar-refractivity contribution in [2.24, 2.45) is 5.10 Å². The molecule has 0 aliphatic carbocycles. The zero-order chi connectivity index (χ0) is 35.8. The lowest BCUT2D eigenvalue weighted by Crippen LogP contribution is -3.00. The summed E-state index contributed by atoms with van der Waals surface area (Å²) in [5, 5.41) is 35.7. The molecule has 52 heavy (non-hydrogen) atoms. The highest BCUT2D eigenvalue weighted by molar-refractivity contribution is 7.10. The maximum absolute atomic E-state index is 15.3.